The second kappa shape index (κ2) is 19.1. The maximum Gasteiger partial charge on any atom is 0.262 e. The van der Waals surface area contributed by atoms with Crippen molar-refractivity contribution in [1.82, 2.24) is 0 Å². The van der Waals surface area contributed by atoms with Gasteiger partial charge < -0.3 is 28.9 Å². The number of aliphatic hydroxyl groups is 2. The second-order valence-electron chi connectivity index (χ2n) is 20.7. The molecule has 0 saturated heterocycles. The number of carbonyl (C=O) groups excluding carboxylic acids is 2. The monoisotopic (exact) mass is 944 g/mol. The Bertz CT molecular complexity index is 2430. The number of para-hydroxylation sites is 2. The zero-order valence-corrected chi connectivity index (χ0v) is 43.0. The molecule has 10 heteroatoms. The fraction of sp³-hybridized carbons (Fsp3) is 0.345. The molecule has 2 aliphatic heterocycles. The van der Waals surface area contributed by atoms with E-state index in [2.05, 4.69) is 90.1 Å². The van der Waals surface area contributed by atoms with Crippen molar-refractivity contribution >= 4 is 60.6 Å². The second-order valence-corrected chi connectivity index (χ2v) is 29.3. The molecule has 4 atom stereocenters. The number of benzene rings is 6. The summed E-state index contributed by atoms with van der Waals surface area (Å²) in [5, 5.41) is 30.2. The summed E-state index contributed by atoms with van der Waals surface area (Å²) >= 11 is 0. The van der Waals surface area contributed by atoms with E-state index in [1.807, 2.05) is 121 Å². The molecule has 68 heavy (non-hydrogen) atoms. The first kappa shape index (κ1) is 49.0. The van der Waals surface area contributed by atoms with Gasteiger partial charge in [-0.15, -0.1) is 0 Å². The van der Waals surface area contributed by atoms with Crippen LogP contribution in [-0.2, 0) is 31.3 Å². The van der Waals surface area contributed by atoms with E-state index in [0.29, 0.717) is 24.2 Å². The molecular weight excluding hydrogens is 877 g/mol. The van der Waals surface area contributed by atoms with Gasteiger partial charge in [-0.05, 0) is 79.8 Å². The lowest BCUT2D eigenvalue weighted by Gasteiger charge is -2.47. The molecule has 0 saturated carbocycles. The van der Waals surface area contributed by atoms with E-state index in [9.17, 15) is 10.2 Å². The summed E-state index contributed by atoms with van der Waals surface area (Å²) in [4.78, 5) is 34.7. The highest BCUT2D eigenvalue weighted by atomic mass is 28.4. The van der Waals surface area contributed by atoms with Crippen LogP contribution < -0.4 is 30.5 Å². The highest BCUT2D eigenvalue weighted by Gasteiger charge is 2.63. The van der Waals surface area contributed by atoms with Crippen molar-refractivity contribution in [2.75, 3.05) is 23.0 Å². The van der Waals surface area contributed by atoms with Gasteiger partial charge in [-0.1, -0.05) is 213 Å². The maximum atomic E-state index is 15.7. The summed E-state index contributed by atoms with van der Waals surface area (Å²) in [5.74, 6) is -1.46. The van der Waals surface area contributed by atoms with Crippen LogP contribution in [0.5, 0.6) is 0 Å². The van der Waals surface area contributed by atoms with Gasteiger partial charge >= 0.3 is 0 Å². The third-order valence-corrected chi connectivity index (χ3v) is 24.8. The van der Waals surface area contributed by atoms with E-state index in [4.69, 9.17) is 8.85 Å². The van der Waals surface area contributed by atoms with Gasteiger partial charge in [0.25, 0.3) is 28.4 Å². The van der Waals surface area contributed by atoms with E-state index in [0.717, 1.165) is 31.9 Å². The van der Waals surface area contributed by atoms with Gasteiger partial charge in [0.15, 0.2) is 11.2 Å². The smallest absolute Gasteiger partial charge is 0.262 e. The number of anilines is 2. The Hall–Kier alpha value is -5.47. The first-order valence-corrected chi connectivity index (χ1v) is 28.1. The lowest BCUT2D eigenvalue weighted by Crippen LogP contribution is -2.71. The Morgan fingerprint density at radius 3 is 1.00 bits per heavy atom. The van der Waals surface area contributed by atoms with Crippen LogP contribution in [0, 0.1) is 0 Å². The molecule has 354 valence electrons. The van der Waals surface area contributed by atoms with Crippen LogP contribution in [-0.4, -0.2) is 75.2 Å². The molecule has 0 bridgehead atoms. The van der Waals surface area contributed by atoms with Gasteiger partial charge in [-0.25, -0.2) is 0 Å². The van der Waals surface area contributed by atoms with E-state index >= 15 is 9.59 Å². The van der Waals surface area contributed by atoms with Gasteiger partial charge in [0.05, 0.1) is 25.3 Å². The average molecular weight is 945 g/mol. The van der Waals surface area contributed by atoms with Crippen LogP contribution in [0.1, 0.15) is 79.4 Å². The Balaban J connectivity index is 1.17. The normalized spacial score (nSPS) is 18.1. The molecule has 8 rings (SSSR count). The van der Waals surface area contributed by atoms with Crippen LogP contribution in [0.15, 0.2) is 170 Å². The third kappa shape index (κ3) is 8.22. The number of fused-ring (bicyclic) bond motifs is 2. The van der Waals surface area contributed by atoms with Crippen LogP contribution in [0.4, 0.5) is 11.4 Å². The summed E-state index contributed by atoms with van der Waals surface area (Å²) in [6, 6.07) is 55.9. The van der Waals surface area contributed by atoms with Gasteiger partial charge in [0.2, 0.25) is 0 Å². The zero-order chi connectivity index (χ0) is 48.5. The number of hydrogen-bond donors (Lipinski definition) is 2. The third-order valence-electron chi connectivity index (χ3n) is 14.8. The first-order chi connectivity index (χ1) is 32.5. The molecule has 2 N–H and O–H groups in total. The van der Waals surface area contributed by atoms with Gasteiger partial charge in [-0.2, -0.15) is 0 Å². The molecular formula is C58H68N2O6Si2. The maximum absolute atomic E-state index is 15.7. The molecule has 6 aromatic carbocycles. The summed E-state index contributed by atoms with van der Waals surface area (Å²) in [6.07, 6.45) is 0.502. The minimum absolute atomic E-state index is 0.160. The number of rotatable bonds is 15. The van der Waals surface area contributed by atoms with Gasteiger partial charge in [-0.3, -0.25) is 9.59 Å². The molecule has 0 spiro atoms. The van der Waals surface area contributed by atoms with E-state index < -0.39 is 51.7 Å². The molecule has 2 amide bonds. The van der Waals surface area contributed by atoms with E-state index in [-0.39, 0.29) is 36.1 Å². The average Bonchev–Trinajstić information content (AvgIpc) is 3.92. The van der Waals surface area contributed by atoms with Crippen molar-refractivity contribution in [1.29, 1.82) is 0 Å². The first-order valence-electron chi connectivity index (χ1n) is 24.3. The topological polar surface area (TPSA) is 99.5 Å². The Kier molecular flexibility index (Phi) is 13.8. The lowest BCUT2D eigenvalue weighted by atomic mass is 9.76. The number of hydrogen-bond acceptors (Lipinski definition) is 6. The van der Waals surface area contributed by atoms with E-state index in [1.165, 1.54) is 0 Å². The highest BCUT2D eigenvalue weighted by Crippen LogP contribution is 2.45. The zero-order valence-electron chi connectivity index (χ0n) is 41.0. The largest absolute Gasteiger partial charge is 0.405 e. The Morgan fingerprint density at radius 2 is 0.735 bits per heavy atom. The quantitative estimate of drug-likeness (QED) is 0.101. The van der Waals surface area contributed by atoms with Crippen LogP contribution in [0.2, 0.25) is 10.1 Å². The predicted octanol–water partition coefficient (Wildman–Crippen LogP) is 8.34. The Morgan fingerprint density at radius 1 is 0.471 bits per heavy atom. The molecule has 2 aliphatic rings. The molecule has 0 aromatic heterocycles. The predicted molar refractivity (Wildman–Crippen MR) is 280 cm³/mol. The van der Waals surface area contributed by atoms with Crippen molar-refractivity contribution in [2.24, 2.45) is 0 Å². The lowest BCUT2D eigenvalue weighted by molar-refractivity contribution is -0.184. The molecule has 6 aromatic rings. The Labute approximate surface area is 405 Å². The van der Waals surface area contributed by atoms with Crippen LogP contribution >= 0.6 is 0 Å². The molecule has 2 heterocycles. The molecule has 0 unspecified atom stereocenters. The summed E-state index contributed by atoms with van der Waals surface area (Å²) < 4.78 is 14.9. The van der Waals surface area contributed by atoms with E-state index in [1.54, 1.807) is 23.6 Å². The molecule has 0 radical (unpaired) electrons. The van der Waals surface area contributed by atoms with Crippen LogP contribution in [0.25, 0.3) is 0 Å². The van der Waals surface area contributed by atoms with Crippen molar-refractivity contribution in [3.63, 3.8) is 0 Å². The molecule has 8 nitrogen and oxygen atoms in total. The summed E-state index contributed by atoms with van der Waals surface area (Å²) in [7, 11) is -6.11. The fourth-order valence-electron chi connectivity index (χ4n) is 11.3. The van der Waals surface area contributed by atoms with Gasteiger partial charge in [0.1, 0.15) is 0 Å². The summed E-state index contributed by atoms with van der Waals surface area (Å²) in [5.41, 5.74) is -1.95. The van der Waals surface area contributed by atoms with Crippen molar-refractivity contribution in [3.8, 4) is 0 Å². The van der Waals surface area contributed by atoms with Gasteiger partial charge in [0, 0.05) is 11.4 Å². The van der Waals surface area contributed by atoms with Crippen molar-refractivity contribution < 1.29 is 28.7 Å². The molecule has 0 fully saturated rings. The van der Waals surface area contributed by atoms with Crippen molar-refractivity contribution in [2.45, 2.75) is 114 Å². The SMILES string of the molecule is CC[C@@](O)(C(=O)N1c2ccccc2C[C@H]1CO[Si](c1ccccc1)(c1ccccc1)C(C)(C)C)[C@@](O)(CC)C(=O)N1c2ccccc2C[C@H]1CO[Si](c1ccccc1)(c1ccccc1)C(C)(C)C. The highest BCUT2D eigenvalue weighted by molar-refractivity contribution is 7.00. The molecule has 0 aliphatic carbocycles. The number of nitrogens with zero attached hydrogens (tertiary/aromatic N) is 2. The number of carbonyl (C=O) groups is 2. The standard InChI is InChI=1S/C58H68N2O6Si2/c1-9-57(63,53(61)59-45(39-43-27-23-25-37-51(43)59)41-65-67(55(3,4)5,47-29-15-11-16-30-47)48-31-17-12-18-32-48)58(64,10-2)54(62)60-46(40-44-28-24-26-38-52(44)60)42-66-68(56(6,7)8,49-33-19-13-20-34-49)50-35-21-14-22-36-50/h11-38,45-46,63-64H,9-10,39-42H2,1-8H3/t45-,46-,57+,58+/m0/s1. The van der Waals surface area contributed by atoms with Crippen LogP contribution in [0.3, 0.4) is 0 Å². The minimum atomic E-state index is -3.06. The summed E-state index contributed by atoms with van der Waals surface area (Å²) in [6.45, 7) is 17.0. The number of amides is 2. The fourth-order valence-corrected chi connectivity index (χ4v) is 20.5. The van der Waals surface area contributed by atoms with Crippen molar-refractivity contribution in [3.05, 3.63) is 181 Å². The minimum Gasteiger partial charge on any atom is -0.405 e.